The van der Waals surface area contributed by atoms with E-state index in [-0.39, 0.29) is 42.1 Å². The van der Waals surface area contributed by atoms with Crippen molar-refractivity contribution in [2.24, 2.45) is 17.8 Å². The molecule has 0 atom stereocenters. The van der Waals surface area contributed by atoms with Gasteiger partial charge < -0.3 is 47.4 Å². The number of oxazole rings is 1. The molecular weight excluding hydrogens is 2580 g/mol. The van der Waals surface area contributed by atoms with E-state index in [0.29, 0.717) is 25.4 Å². The molecule has 118 heavy (non-hydrogen) atoms. The number of nitrogens with zero attached hydrogens (tertiary/aromatic N) is 4. The number of thiol groups is 1. The zero-order valence-electron chi connectivity index (χ0n) is 68.2. The summed E-state index contributed by atoms with van der Waals surface area (Å²) in [5.74, 6) is 16.6. The zero-order valence-corrected chi connectivity index (χ0v) is 90.8. The van der Waals surface area contributed by atoms with Crippen molar-refractivity contribution >= 4 is 306 Å². The van der Waals surface area contributed by atoms with E-state index in [1.165, 1.54) is 20.9 Å². The standard InChI is InChI=1S/C16H16N2.C12H12N2.C10H11NO.C10H11NS.C6H7NO.C6H7NS.3C4H8O2.C3HI3.C3H2I2.3C3H3I.C3H2I.V/c1-12(2)16-17-14-10-6-7-11-15(14)18(16)13-8-4-3-5-9-13;13-11-8-4-5-9-12(11)14-10-6-2-1-3-7-10;2*1-7(2)10-11-8-5-3-4-6-9(8)12-10;2*7-5-3-1-2-4-6(5)8;3*1-3(2)4(5)6;4-2-1-3(5)6;4-2-1-3-5;4*1-2-3-4;/h3-12H,1-2H3;1-9,14H,13H2;2*3-7H,1-2H3;2*1-4,8H,7H2;3*3H,1-2H3,(H,5,6);3H;2H2;3*1H3;1H2;/q;;;;;;;;;;;;;;-1;. The van der Waals surface area contributed by atoms with Gasteiger partial charge in [0.15, 0.2) is 11.5 Å². The maximum Gasteiger partial charge on any atom is 0.305 e. The van der Waals surface area contributed by atoms with Crippen LogP contribution in [0.4, 0.5) is 28.4 Å². The number of fused-ring (bicyclic) bond motifs is 3. The first-order valence-corrected chi connectivity index (χ1v) is 47.0. The molecule has 28 heteroatoms. The summed E-state index contributed by atoms with van der Waals surface area (Å²) in [7, 11) is 0. The number of carboxylic acids is 3. The second-order valence-corrected chi connectivity index (χ2v) is 34.5. The number of imidazole rings is 1. The topological polar surface area (TPSA) is 279 Å². The number of hydrogen-bond acceptors (Lipinski definition) is 14. The van der Waals surface area contributed by atoms with Crippen LogP contribution in [-0.4, -0.2) is 64.2 Å². The van der Waals surface area contributed by atoms with Crippen LogP contribution < -0.4 is 22.5 Å². The first-order chi connectivity index (χ1) is 55.6. The number of carbonyl (C=O) groups is 3. The molecule has 3 aromatic heterocycles. The van der Waals surface area contributed by atoms with Gasteiger partial charge in [-0.2, -0.15) is 6.92 Å². The molecule has 0 saturated heterocycles. The number of rotatable bonds is 9. The number of anilines is 5. The number of carboxylic acid groups (broad SMARTS) is 3. The van der Waals surface area contributed by atoms with Gasteiger partial charge >= 0.3 is 17.9 Å². The molecule has 0 fully saturated rings. The fourth-order valence-corrected chi connectivity index (χ4v) is 10.9. The molecule has 3 heterocycles. The number of aliphatic carboxylic acids is 3. The van der Waals surface area contributed by atoms with Gasteiger partial charge in [-0.25, -0.2) is 15.0 Å². The Morgan fingerprint density at radius 3 is 1.25 bits per heavy atom. The quantitative estimate of drug-likeness (QED) is 0.0124. The van der Waals surface area contributed by atoms with E-state index >= 15 is 0 Å². The van der Waals surface area contributed by atoms with Gasteiger partial charge in [0.1, 0.15) is 19.0 Å². The van der Waals surface area contributed by atoms with Gasteiger partial charge in [-0.15, -0.1) is 46.6 Å². The summed E-state index contributed by atoms with van der Waals surface area (Å²) in [4.78, 5) is 43.6. The fourth-order valence-electron chi connectivity index (χ4n) is 6.88. The average Bonchev–Trinajstić information content (AvgIpc) is 1.63. The maximum atomic E-state index is 9.70. The van der Waals surface area contributed by atoms with Gasteiger partial charge in [-0.3, -0.25) is 28.8 Å². The van der Waals surface area contributed by atoms with E-state index in [2.05, 4.69) is 268 Å². The summed E-state index contributed by atoms with van der Waals surface area (Å²) in [5, 5.41) is 37.2. The molecule has 0 amide bonds. The predicted octanol–water partition coefficient (Wildman–Crippen LogP) is 28.1. The second kappa shape index (κ2) is 79.0. The Morgan fingerprint density at radius 2 is 0.915 bits per heavy atom. The molecule has 0 aliphatic carbocycles. The van der Waals surface area contributed by atoms with E-state index < -0.39 is 17.9 Å². The Morgan fingerprint density at radius 1 is 0.508 bits per heavy atom. The largest absolute Gasteiger partial charge is 0.506 e. The van der Waals surface area contributed by atoms with E-state index in [0.717, 1.165) is 65.9 Å². The smallest absolute Gasteiger partial charge is 0.305 e. The summed E-state index contributed by atoms with van der Waals surface area (Å²) in [6, 6.07) is 66.7. The summed E-state index contributed by atoms with van der Waals surface area (Å²) in [6.07, 6.45) is 0. The number of nitrogen functional groups attached to an aromatic ring is 3. The molecule has 0 aliphatic rings. The summed E-state index contributed by atoms with van der Waals surface area (Å²) in [6.45, 7) is 31.4. The van der Waals surface area contributed by atoms with Gasteiger partial charge in [0.05, 0.1) is 65.5 Å². The van der Waals surface area contributed by atoms with Crippen LogP contribution in [0.2, 0.25) is 0 Å². The molecular formula is C90H102I9N8O8S2V-. The SMILES string of the molecule is CC#CI.CC#CI.CC#CI.CC(C)C(=O)O.CC(C)C(=O)O.CC(C)C(=O)O.CC(C)c1nc2ccccc2n1-c1ccccc1.CC(C)c1nc2ccccc2o1.CC(C)c1nc2ccccc2s1.IC#CC(I)I.IC#CCI.Nc1ccccc1Nc1ccccc1.Nc1ccccc1O.Nc1ccccc1S.[CH2-]C#CI.[V]. The first kappa shape index (κ1) is 121. The monoisotopic (exact) mass is 2680 g/mol. The molecule has 0 spiro atoms. The fraction of sp³-hybridized carbons (Fsp3) is 0.256. The van der Waals surface area contributed by atoms with Crippen molar-refractivity contribution < 1.29 is 57.8 Å². The molecule has 11 rings (SSSR count). The molecule has 0 bridgehead atoms. The number of alkyl halides is 3. The second-order valence-electron chi connectivity index (χ2n) is 24.1. The van der Waals surface area contributed by atoms with Crippen molar-refractivity contribution in [3.63, 3.8) is 0 Å². The van der Waals surface area contributed by atoms with Crippen LogP contribution in [0.15, 0.2) is 216 Å². The molecule has 11 N–H and O–H groups in total. The molecule has 0 aliphatic heterocycles. The van der Waals surface area contributed by atoms with Crippen LogP contribution in [0.25, 0.3) is 38.0 Å². The van der Waals surface area contributed by atoms with Crippen molar-refractivity contribution in [1.82, 2.24) is 19.5 Å². The number of phenolic OH excluding ortho intramolecular Hbond substituents is 1. The average molecular weight is 2680 g/mol. The van der Waals surface area contributed by atoms with Crippen LogP contribution in [-0.2, 0) is 32.9 Å². The number of halogens is 9. The van der Waals surface area contributed by atoms with Crippen LogP contribution >= 0.6 is 227 Å². The Kier molecular flexibility index (Phi) is 81.1. The number of nitrogens with one attached hydrogen (secondary N) is 1. The third kappa shape index (κ3) is 62.8. The number of benzene rings is 8. The molecule has 631 valence electrons. The van der Waals surface area contributed by atoms with Crippen LogP contribution in [0.1, 0.15) is 138 Å². The van der Waals surface area contributed by atoms with Gasteiger partial charge in [-0.05, 0) is 137 Å². The number of thiazole rings is 1. The third-order valence-electron chi connectivity index (χ3n) is 12.7. The Hall–Kier alpha value is -5.27. The van der Waals surface area contributed by atoms with Crippen molar-refractivity contribution in [3.05, 3.63) is 230 Å². The number of aromatic hydroxyl groups is 1. The number of phenols is 1. The summed E-state index contributed by atoms with van der Waals surface area (Å²) in [5.41, 5.74) is 26.8. The predicted molar refractivity (Wildman–Crippen MR) is 579 cm³/mol. The molecule has 8 aromatic carbocycles. The number of nitrogens with two attached hydrogens (primary N) is 3. The summed E-state index contributed by atoms with van der Waals surface area (Å²) >= 11 is 24.5. The number of para-hydroxylation sites is 12. The van der Waals surface area contributed by atoms with Crippen molar-refractivity contribution in [2.45, 2.75) is 128 Å². The zero-order chi connectivity index (χ0) is 89.6. The summed E-state index contributed by atoms with van der Waals surface area (Å²) < 4.78 is 26.5. The Bertz CT molecular complexity index is 4580. The minimum atomic E-state index is -0.741. The molecule has 0 unspecified atom stereocenters. The van der Waals surface area contributed by atoms with Crippen LogP contribution in [0.5, 0.6) is 5.75 Å². The Balaban J connectivity index is -0.000000397. The minimum absolute atomic E-state index is 0. The molecule has 0 saturated carbocycles. The van der Waals surface area contributed by atoms with Gasteiger partial charge in [0, 0.05) is 171 Å². The van der Waals surface area contributed by atoms with Gasteiger partial charge in [0.25, 0.3) is 0 Å². The van der Waals surface area contributed by atoms with E-state index in [9.17, 15) is 14.4 Å². The van der Waals surface area contributed by atoms with Gasteiger partial charge in [0.2, 0.25) is 0 Å². The van der Waals surface area contributed by atoms with Crippen molar-refractivity contribution in [2.75, 3.05) is 26.9 Å². The van der Waals surface area contributed by atoms with Gasteiger partial charge in [-0.1, -0.05) is 290 Å². The van der Waals surface area contributed by atoms with Crippen molar-refractivity contribution in [3.8, 4) is 70.5 Å². The molecule has 1 radical (unpaired) electrons. The normalized spacial score (nSPS) is 8.85. The van der Waals surface area contributed by atoms with E-state index in [1.807, 2.05) is 278 Å². The Labute approximate surface area is 844 Å². The van der Waals surface area contributed by atoms with Crippen LogP contribution in [0.3, 0.4) is 0 Å². The minimum Gasteiger partial charge on any atom is -0.506 e. The first-order valence-electron chi connectivity index (χ1n) is 35.2. The number of hydrogen-bond donors (Lipinski definition) is 9. The van der Waals surface area contributed by atoms with E-state index in [1.54, 1.807) is 77.1 Å². The third-order valence-corrected chi connectivity index (χ3v) is 18.2. The van der Waals surface area contributed by atoms with Crippen LogP contribution in [0, 0.1) is 83.8 Å². The molecule has 11 aromatic rings. The number of aromatic nitrogens is 4. The van der Waals surface area contributed by atoms with E-state index in [4.69, 9.17) is 47.0 Å². The molecule has 16 nitrogen and oxygen atoms in total. The van der Waals surface area contributed by atoms with Crippen molar-refractivity contribution in [1.29, 1.82) is 0 Å². The maximum absolute atomic E-state index is 9.70.